The number of methoxy groups -OCH3 is 1. The Hall–Kier alpha value is -0.410. The molecular formula is C9H19NO2. The molecule has 0 saturated heterocycles. The molecule has 0 radical (unpaired) electrons. The summed E-state index contributed by atoms with van der Waals surface area (Å²) in [4.78, 5) is 13.2. The first-order chi connectivity index (χ1) is 5.66. The Balaban J connectivity index is 3.22. The molecule has 3 nitrogen and oxygen atoms in total. The normalized spacial score (nSPS) is 10.7. The predicted octanol–water partition coefficient (Wildman–Crippen LogP) is 0.934. The molecule has 0 aliphatic rings. The van der Waals surface area contributed by atoms with Crippen LogP contribution in [-0.4, -0.2) is 45.0 Å². The zero-order valence-corrected chi connectivity index (χ0v) is 8.30. The number of hydrogen-bond acceptors (Lipinski definition) is 3. The molecule has 3 heteroatoms. The van der Waals surface area contributed by atoms with Crippen molar-refractivity contribution < 1.29 is 9.53 Å². The maximum Gasteiger partial charge on any atom is 0.134 e. The average molecular weight is 173 g/mol. The predicted molar refractivity (Wildman–Crippen MR) is 49.3 cm³/mol. The summed E-state index contributed by atoms with van der Waals surface area (Å²) >= 11 is 0. The van der Waals surface area contributed by atoms with Gasteiger partial charge in [0.1, 0.15) is 5.78 Å². The molecule has 0 N–H and O–H groups in total. The zero-order valence-electron chi connectivity index (χ0n) is 8.30. The highest BCUT2D eigenvalue weighted by molar-refractivity contribution is 5.78. The second-order valence-corrected chi connectivity index (χ2v) is 3.19. The van der Waals surface area contributed by atoms with E-state index in [1.165, 1.54) is 0 Å². The molecule has 0 aromatic heterocycles. The third kappa shape index (κ3) is 7.69. The molecule has 0 rings (SSSR count). The summed E-state index contributed by atoms with van der Waals surface area (Å²) in [5.74, 6) is 0.334. The van der Waals surface area contributed by atoms with Crippen LogP contribution in [0.4, 0.5) is 0 Å². The van der Waals surface area contributed by atoms with E-state index in [9.17, 15) is 4.79 Å². The molecule has 0 aromatic carbocycles. The molecule has 0 fully saturated rings. The molecule has 0 amide bonds. The van der Waals surface area contributed by atoms with Crippen LogP contribution in [0.25, 0.3) is 0 Å². The van der Waals surface area contributed by atoms with Crippen LogP contribution in [-0.2, 0) is 9.53 Å². The fraction of sp³-hybridized carbons (Fsp3) is 0.889. The Morgan fingerprint density at radius 3 is 2.50 bits per heavy atom. The zero-order chi connectivity index (χ0) is 9.40. The Morgan fingerprint density at radius 1 is 1.33 bits per heavy atom. The van der Waals surface area contributed by atoms with E-state index in [1.807, 2.05) is 19.0 Å². The number of ether oxygens (including phenoxy) is 1. The van der Waals surface area contributed by atoms with Crippen molar-refractivity contribution in [1.29, 1.82) is 0 Å². The van der Waals surface area contributed by atoms with Gasteiger partial charge in [0.2, 0.25) is 0 Å². The fourth-order valence-electron chi connectivity index (χ4n) is 0.887. The lowest BCUT2D eigenvalue weighted by molar-refractivity contribution is -0.119. The minimum atomic E-state index is 0.334. The Morgan fingerprint density at radius 2 is 2.00 bits per heavy atom. The first-order valence-corrected chi connectivity index (χ1v) is 4.32. The van der Waals surface area contributed by atoms with Crippen molar-refractivity contribution >= 4 is 5.78 Å². The maximum absolute atomic E-state index is 11.1. The van der Waals surface area contributed by atoms with Crippen LogP contribution >= 0.6 is 0 Å². The molecule has 0 spiro atoms. The number of Topliss-reactive ketones (excluding diaryl/α,β-unsaturated/α-hetero) is 1. The monoisotopic (exact) mass is 173 g/mol. The number of rotatable bonds is 7. The Labute approximate surface area is 74.7 Å². The van der Waals surface area contributed by atoms with Gasteiger partial charge in [0.15, 0.2) is 0 Å². The summed E-state index contributed by atoms with van der Waals surface area (Å²) in [6.07, 6.45) is 2.17. The Bertz CT molecular complexity index is 124. The summed E-state index contributed by atoms with van der Waals surface area (Å²) in [7, 11) is 5.61. The van der Waals surface area contributed by atoms with Gasteiger partial charge < -0.3 is 9.64 Å². The lowest BCUT2D eigenvalue weighted by atomic mass is 10.2. The minimum Gasteiger partial charge on any atom is -0.385 e. The molecule has 72 valence electrons. The van der Waals surface area contributed by atoms with Gasteiger partial charge >= 0.3 is 0 Å². The van der Waals surface area contributed by atoms with Gasteiger partial charge in [-0.15, -0.1) is 0 Å². The molecule has 0 heterocycles. The third-order valence-electron chi connectivity index (χ3n) is 1.64. The van der Waals surface area contributed by atoms with Crippen molar-refractivity contribution in [3.05, 3.63) is 0 Å². The molecule has 0 saturated carbocycles. The van der Waals surface area contributed by atoms with Crippen LogP contribution in [0, 0.1) is 0 Å². The van der Waals surface area contributed by atoms with Gasteiger partial charge in [0.25, 0.3) is 0 Å². The van der Waals surface area contributed by atoms with Crippen molar-refractivity contribution in [3.8, 4) is 0 Å². The summed E-state index contributed by atoms with van der Waals surface area (Å²) in [6.45, 7) is 1.54. The molecular weight excluding hydrogens is 154 g/mol. The van der Waals surface area contributed by atoms with Gasteiger partial charge in [-0.3, -0.25) is 4.79 Å². The molecule has 0 bridgehead atoms. The lowest BCUT2D eigenvalue weighted by Gasteiger charge is -2.07. The topological polar surface area (TPSA) is 29.5 Å². The van der Waals surface area contributed by atoms with Gasteiger partial charge in [-0.1, -0.05) is 0 Å². The largest absolute Gasteiger partial charge is 0.385 e. The van der Waals surface area contributed by atoms with Crippen LogP contribution < -0.4 is 0 Å². The van der Waals surface area contributed by atoms with Crippen molar-refractivity contribution in [1.82, 2.24) is 4.90 Å². The highest BCUT2D eigenvalue weighted by Gasteiger charge is 2.01. The van der Waals surface area contributed by atoms with Crippen LogP contribution in [0.5, 0.6) is 0 Å². The van der Waals surface area contributed by atoms with Gasteiger partial charge in [0, 0.05) is 33.1 Å². The second-order valence-electron chi connectivity index (χ2n) is 3.19. The van der Waals surface area contributed by atoms with Crippen molar-refractivity contribution in [3.63, 3.8) is 0 Å². The van der Waals surface area contributed by atoms with Gasteiger partial charge in [0.05, 0.1) is 0 Å². The molecule has 0 atom stereocenters. The maximum atomic E-state index is 11.1. The molecule has 0 aliphatic heterocycles. The van der Waals surface area contributed by atoms with Gasteiger partial charge in [-0.05, 0) is 20.5 Å². The minimum absolute atomic E-state index is 0.334. The smallest absolute Gasteiger partial charge is 0.134 e. The van der Waals surface area contributed by atoms with Crippen LogP contribution in [0.1, 0.15) is 19.3 Å². The highest BCUT2D eigenvalue weighted by atomic mass is 16.5. The molecule has 0 aliphatic carbocycles. The van der Waals surface area contributed by atoms with E-state index >= 15 is 0 Å². The number of hydrogen-bond donors (Lipinski definition) is 0. The number of ketones is 1. The van der Waals surface area contributed by atoms with E-state index in [2.05, 4.69) is 0 Å². The summed E-state index contributed by atoms with van der Waals surface area (Å²) in [5, 5.41) is 0. The third-order valence-corrected chi connectivity index (χ3v) is 1.64. The summed E-state index contributed by atoms with van der Waals surface area (Å²) in [5.41, 5.74) is 0. The standard InChI is InChI=1S/C9H19NO2/c1-10(2)7-6-9(11)5-4-8-12-3/h4-8H2,1-3H3. The van der Waals surface area contributed by atoms with Crippen LogP contribution in [0.15, 0.2) is 0 Å². The molecule has 12 heavy (non-hydrogen) atoms. The first-order valence-electron chi connectivity index (χ1n) is 4.32. The number of carbonyl (C=O) groups excluding carboxylic acids is 1. The number of carbonyl (C=O) groups is 1. The van der Waals surface area contributed by atoms with Crippen molar-refractivity contribution in [2.24, 2.45) is 0 Å². The summed E-state index contributed by atoms with van der Waals surface area (Å²) < 4.78 is 4.86. The van der Waals surface area contributed by atoms with Crippen LogP contribution in [0.2, 0.25) is 0 Å². The highest BCUT2D eigenvalue weighted by Crippen LogP contribution is 1.96. The second kappa shape index (κ2) is 7.25. The number of nitrogens with zero attached hydrogens (tertiary/aromatic N) is 1. The van der Waals surface area contributed by atoms with E-state index in [-0.39, 0.29) is 0 Å². The summed E-state index contributed by atoms with van der Waals surface area (Å²) in [6, 6.07) is 0. The van der Waals surface area contributed by atoms with Gasteiger partial charge in [-0.25, -0.2) is 0 Å². The van der Waals surface area contributed by atoms with Crippen molar-refractivity contribution in [2.45, 2.75) is 19.3 Å². The first kappa shape index (κ1) is 11.6. The average Bonchev–Trinajstić information content (AvgIpc) is 2.01. The van der Waals surface area contributed by atoms with E-state index in [0.717, 1.165) is 13.0 Å². The molecule has 0 unspecified atom stereocenters. The van der Waals surface area contributed by atoms with E-state index in [4.69, 9.17) is 4.74 Å². The lowest BCUT2D eigenvalue weighted by Crippen LogP contribution is -2.16. The van der Waals surface area contributed by atoms with E-state index in [0.29, 0.717) is 25.2 Å². The quantitative estimate of drug-likeness (QED) is 0.536. The molecule has 0 aromatic rings. The van der Waals surface area contributed by atoms with Gasteiger partial charge in [-0.2, -0.15) is 0 Å². The van der Waals surface area contributed by atoms with E-state index < -0.39 is 0 Å². The van der Waals surface area contributed by atoms with Crippen LogP contribution in [0.3, 0.4) is 0 Å². The van der Waals surface area contributed by atoms with Crippen molar-refractivity contribution in [2.75, 3.05) is 34.4 Å². The van der Waals surface area contributed by atoms with E-state index in [1.54, 1.807) is 7.11 Å². The SMILES string of the molecule is COCCCC(=O)CCN(C)C. The Kier molecular flexibility index (Phi) is 7.00. The fourth-order valence-corrected chi connectivity index (χ4v) is 0.887.